The van der Waals surface area contributed by atoms with E-state index in [-0.39, 0.29) is 23.1 Å². The molecule has 0 saturated carbocycles. The van der Waals surface area contributed by atoms with Crippen molar-refractivity contribution in [2.24, 2.45) is 0 Å². The van der Waals surface area contributed by atoms with Gasteiger partial charge in [-0.2, -0.15) is 0 Å². The van der Waals surface area contributed by atoms with E-state index in [1.54, 1.807) is 18.2 Å². The van der Waals surface area contributed by atoms with Crippen molar-refractivity contribution >= 4 is 21.9 Å². The summed E-state index contributed by atoms with van der Waals surface area (Å²) in [5.41, 5.74) is 1.39. The maximum absolute atomic E-state index is 14.8. The van der Waals surface area contributed by atoms with Gasteiger partial charge in [0.05, 0.1) is 6.10 Å². The molecule has 2 aromatic carbocycles. The Labute approximate surface area is 133 Å². The maximum atomic E-state index is 14.8. The first-order valence-corrected chi connectivity index (χ1v) is 8.14. The predicted octanol–water partition coefficient (Wildman–Crippen LogP) is 5.67. The number of fused-ring (bicyclic) bond motifs is 3. The van der Waals surface area contributed by atoms with Crippen LogP contribution in [0.2, 0.25) is 0 Å². The van der Waals surface area contributed by atoms with Crippen molar-refractivity contribution in [3.8, 4) is 0 Å². The molecule has 1 atom stereocenters. The van der Waals surface area contributed by atoms with Gasteiger partial charge in [-0.05, 0) is 37.0 Å². The van der Waals surface area contributed by atoms with Crippen LogP contribution in [0.25, 0.3) is 21.9 Å². The summed E-state index contributed by atoms with van der Waals surface area (Å²) in [5.74, 6) is -0.805. The Morgan fingerprint density at radius 3 is 2.48 bits per heavy atom. The number of furan rings is 1. The van der Waals surface area contributed by atoms with Gasteiger partial charge in [0.2, 0.25) is 0 Å². The number of benzene rings is 2. The standard InChI is InChI=1S/C19H18F2O2/c1-2-4-11-6-7-12-13-8-9-14(15-5-3-10-22-15)17(21)19(13)23-18(12)16(11)20/h6-9,15H,2-5,10H2,1H3. The normalized spacial score (nSPS) is 18.3. The van der Waals surface area contributed by atoms with Crippen molar-refractivity contribution < 1.29 is 17.9 Å². The molecule has 0 amide bonds. The predicted molar refractivity (Wildman–Crippen MR) is 85.6 cm³/mol. The molecule has 3 aromatic rings. The number of ether oxygens (including phenoxy) is 1. The number of aryl methyl sites for hydroxylation is 1. The number of halogens is 2. The van der Waals surface area contributed by atoms with Crippen LogP contribution in [0.1, 0.15) is 43.4 Å². The van der Waals surface area contributed by atoms with Crippen molar-refractivity contribution in [2.75, 3.05) is 6.61 Å². The molecule has 120 valence electrons. The summed E-state index contributed by atoms with van der Waals surface area (Å²) in [4.78, 5) is 0. The lowest BCUT2D eigenvalue weighted by atomic mass is 10.0. The third kappa shape index (κ3) is 2.24. The van der Waals surface area contributed by atoms with Crippen LogP contribution in [0.15, 0.2) is 28.7 Å². The molecule has 1 aliphatic heterocycles. The summed E-state index contributed by atoms with van der Waals surface area (Å²) in [6.07, 6.45) is 2.99. The molecule has 4 heteroatoms. The van der Waals surface area contributed by atoms with E-state index in [4.69, 9.17) is 9.15 Å². The molecular formula is C19H18F2O2. The summed E-state index contributed by atoms with van der Waals surface area (Å²) in [6, 6.07) is 7.13. The average Bonchev–Trinajstić information content (AvgIpc) is 3.19. The molecule has 23 heavy (non-hydrogen) atoms. The lowest BCUT2D eigenvalue weighted by molar-refractivity contribution is 0.109. The van der Waals surface area contributed by atoms with Crippen molar-refractivity contribution in [2.45, 2.75) is 38.7 Å². The molecule has 0 N–H and O–H groups in total. The lowest BCUT2D eigenvalue weighted by Gasteiger charge is -2.10. The van der Waals surface area contributed by atoms with Gasteiger partial charge in [-0.15, -0.1) is 0 Å². The number of hydrogen-bond acceptors (Lipinski definition) is 2. The molecule has 0 radical (unpaired) electrons. The Kier molecular flexibility index (Phi) is 3.57. The van der Waals surface area contributed by atoms with Crippen LogP contribution < -0.4 is 0 Å². The van der Waals surface area contributed by atoms with E-state index in [0.717, 1.165) is 19.3 Å². The molecule has 1 fully saturated rings. The first-order chi connectivity index (χ1) is 11.2. The molecule has 4 rings (SSSR count). The third-order valence-electron chi connectivity index (χ3n) is 4.59. The molecule has 2 nitrogen and oxygen atoms in total. The van der Waals surface area contributed by atoms with Gasteiger partial charge in [-0.3, -0.25) is 0 Å². The van der Waals surface area contributed by atoms with Gasteiger partial charge in [0.1, 0.15) is 0 Å². The highest BCUT2D eigenvalue weighted by Gasteiger charge is 2.25. The Balaban J connectivity index is 1.93. The van der Waals surface area contributed by atoms with Crippen molar-refractivity contribution in [3.05, 3.63) is 47.0 Å². The molecule has 1 saturated heterocycles. The summed E-state index contributed by atoms with van der Waals surface area (Å²) in [6.45, 7) is 2.65. The summed E-state index contributed by atoms with van der Waals surface area (Å²) in [7, 11) is 0. The van der Waals surface area contributed by atoms with Crippen molar-refractivity contribution in [3.63, 3.8) is 0 Å². The Morgan fingerprint density at radius 1 is 1.04 bits per heavy atom. The first-order valence-electron chi connectivity index (χ1n) is 8.14. The minimum absolute atomic E-state index is 0.126. The highest BCUT2D eigenvalue weighted by Crippen LogP contribution is 2.38. The van der Waals surface area contributed by atoms with E-state index in [1.807, 2.05) is 13.0 Å². The quantitative estimate of drug-likeness (QED) is 0.621. The fraction of sp³-hybridized carbons (Fsp3) is 0.368. The van der Waals surface area contributed by atoms with E-state index < -0.39 is 5.82 Å². The smallest absolute Gasteiger partial charge is 0.172 e. The molecular weight excluding hydrogens is 298 g/mol. The Hall–Kier alpha value is -1.94. The lowest BCUT2D eigenvalue weighted by Crippen LogP contribution is -1.99. The molecule has 1 aliphatic rings. The van der Waals surface area contributed by atoms with E-state index in [2.05, 4.69) is 0 Å². The maximum Gasteiger partial charge on any atom is 0.172 e. The minimum Gasteiger partial charge on any atom is -0.450 e. The summed E-state index contributed by atoms with van der Waals surface area (Å²) >= 11 is 0. The molecule has 0 spiro atoms. The second-order valence-corrected chi connectivity index (χ2v) is 6.11. The van der Waals surface area contributed by atoms with Gasteiger partial charge in [-0.25, -0.2) is 8.78 Å². The van der Waals surface area contributed by atoms with Gasteiger partial charge in [0.15, 0.2) is 22.8 Å². The highest BCUT2D eigenvalue weighted by atomic mass is 19.1. The average molecular weight is 316 g/mol. The number of rotatable bonds is 3. The van der Waals surface area contributed by atoms with Gasteiger partial charge in [0.25, 0.3) is 0 Å². The van der Waals surface area contributed by atoms with Crippen LogP contribution in [0.5, 0.6) is 0 Å². The minimum atomic E-state index is -0.429. The summed E-state index contributed by atoms with van der Waals surface area (Å²) in [5, 5.41) is 1.23. The van der Waals surface area contributed by atoms with Gasteiger partial charge in [0, 0.05) is 22.9 Å². The largest absolute Gasteiger partial charge is 0.450 e. The van der Waals surface area contributed by atoms with Crippen LogP contribution in [0.3, 0.4) is 0 Å². The molecule has 2 heterocycles. The second-order valence-electron chi connectivity index (χ2n) is 6.11. The van der Waals surface area contributed by atoms with Crippen LogP contribution in [0.4, 0.5) is 8.78 Å². The van der Waals surface area contributed by atoms with Crippen LogP contribution in [0, 0.1) is 11.6 Å². The van der Waals surface area contributed by atoms with E-state index >= 15 is 0 Å². The van der Waals surface area contributed by atoms with Crippen LogP contribution in [-0.4, -0.2) is 6.61 Å². The monoisotopic (exact) mass is 316 g/mol. The van der Waals surface area contributed by atoms with Crippen molar-refractivity contribution in [1.29, 1.82) is 0 Å². The van der Waals surface area contributed by atoms with Crippen molar-refractivity contribution in [1.82, 2.24) is 0 Å². The van der Waals surface area contributed by atoms with E-state index in [1.165, 1.54) is 0 Å². The van der Waals surface area contributed by atoms with Gasteiger partial charge >= 0.3 is 0 Å². The van der Waals surface area contributed by atoms with E-state index in [9.17, 15) is 8.78 Å². The third-order valence-corrected chi connectivity index (χ3v) is 4.59. The fourth-order valence-corrected chi connectivity index (χ4v) is 3.43. The van der Waals surface area contributed by atoms with Crippen LogP contribution in [-0.2, 0) is 11.2 Å². The molecule has 1 unspecified atom stereocenters. The SMILES string of the molecule is CCCc1ccc2c(oc3c(F)c(C4CCCO4)ccc32)c1F. The Morgan fingerprint density at radius 2 is 1.78 bits per heavy atom. The van der Waals surface area contributed by atoms with Crippen LogP contribution >= 0.6 is 0 Å². The molecule has 1 aromatic heterocycles. The number of hydrogen-bond donors (Lipinski definition) is 0. The van der Waals surface area contributed by atoms with Gasteiger partial charge < -0.3 is 9.15 Å². The highest BCUT2D eigenvalue weighted by molar-refractivity contribution is 6.05. The topological polar surface area (TPSA) is 22.4 Å². The fourth-order valence-electron chi connectivity index (χ4n) is 3.43. The molecule has 0 aliphatic carbocycles. The summed E-state index contributed by atoms with van der Waals surface area (Å²) < 4.78 is 40.6. The zero-order chi connectivity index (χ0) is 16.0. The second kappa shape index (κ2) is 5.60. The van der Waals surface area contributed by atoms with Gasteiger partial charge in [-0.1, -0.05) is 25.5 Å². The Bertz CT molecular complexity index is 876. The zero-order valence-electron chi connectivity index (χ0n) is 13.0. The first kappa shape index (κ1) is 14.6. The molecule has 0 bridgehead atoms. The zero-order valence-corrected chi connectivity index (χ0v) is 13.0. The van der Waals surface area contributed by atoms with E-state index in [0.29, 0.717) is 34.9 Å².